The summed E-state index contributed by atoms with van der Waals surface area (Å²) in [6.45, 7) is 10.8. The molecule has 0 fully saturated rings. The zero-order valence-electron chi connectivity index (χ0n) is 17.6. The molecule has 0 saturated heterocycles. The monoisotopic (exact) mass is 358 g/mol. The molecule has 140 valence electrons. The Morgan fingerprint density at radius 1 is 0.889 bits per heavy atom. The van der Waals surface area contributed by atoms with Crippen LogP contribution >= 0.6 is 0 Å². The van der Waals surface area contributed by atoms with Gasteiger partial charge in [0.05, 0.1) is 5.71 Å². The first kappa shape index (κ1) is 19.2. The van der Waals surface area contributed by atoms with Crippen LogP contribution in [0, 0.1) is 26.2 Å². The molecule has 1 N–H and O–H groups in total. The quantitative estimate of drug-likeness (QED) is 0.658. The lowest BCUT2D eigenvalue weighted by molar-refractivity contribution is 0.994. The molecule has 2 aromatic carbocycles. The van der Waals surface area contributed by atoms with Gasteiger partial charge in [-0.25, -0.2) is 0 Å². The van der Waals surface area contributed by atoms with Crippen molar-refractivity contribution in [3.8, 4) is 0 Å². The lowest BCUT2D eigenvalue weighted by Gasteiger charge is -2.22. The Balaban J connectivity index is 2.18. The minimum absolute atomic E-state index is 0.253. The third-order valence-corrected chi connectivity index (χ3v) is 6.11. The van der Waals surface area contributed by atoms with Crippen LogP contribution in [0.2, 0.25) is 0 Å². The summed E-state index contributed by atoms with van der Waals surface area (Å²) < 4.78 is 0. The Hall–Kier alpha value is -2.61. The highest BCUT2D eigenvalue weighted by molar-refractivity contribution is 6.13. The third kappa shape index (κ3) is 3.37. The SMILES string of the molecule is CC1=C(C)C(c2ccc(N(C)C)cc2C(=N)c2ccc(C)c(C)c2C)C=C1. The molecule has 1 unspecified atom stereocenters. The first-order chi connectivity index (χ1) is 12.7. The van der Waals surface area contributed by atoms with Crippen molar-refractivity contribution < 1.29 is 0 Å². The smallest absolute Gasteiger partial charge is 0.0691 e. The molecule has 0 radical (unpaired) electrons. The molecule has 0 heterocycles. The van der Waals surface area contributed by atoms with E-state index in [4.69, 9.17) is 5.41 Å². The summed E-state index contributed by atoms with van der Waals surface area (Å²) in [6.07, 6.45) is 4.47. The Morgan fingerprint density at radius 2 is 1.59 bits per heavy atom. The zero-order chi connectivity index (χ0) is 19.9. The van der Waals surface area contributed by atoms with Gasteiger partial charge >= 0.3 is 0 Å². The highest BCUT2D eigenvalue weighted by Crippen LogP contribution is 2.37. The van der Waals surface area contributed by atoms with Crippen LogP contribution in [0.25, 0.3) is 0 Å². The molecule has 2 aromatic rings. The van der Waals surface area contributed by atoms with Crippen LogP contribution in [0.15, 0.2) is 53.6 Å². The van der Waals surface area contributed by atoms with Crippen LogP contribution in [0.1, 0.15) is 53.1 Å². The Morgan fingerprint density at radius 3 is 2.19 bits per heavy atom. The van der Waals surface area contributed by atoms with Crippen molar-refractivity contribution in [3.05, 3.63) is 87.0 Å². The maximum Gasteiger partial charge on any atom is 0.0691 e. The van der Waals surface area contributed by atoms with Crippen molar-refractivity contribution in [2.45, 2.75) is 40.5 Å². The van der Waals surface area contributed by atoms with Gasteiger partial charge in [0.25, 0.3) is 0 Å². The number of hydrogen-bond acceptors (Lipinski definition) is 2. The van der Waals surface area contributed by atoms with Crippen LogP contribution < -0.4 is 4.90 Å². The van der Waals surface area contributed by atoms with Crippen molar-refractivity contribution in [2.75, 3.05) is 19.0 Å². The normalized spacial score (nSPS) is 16.2. The second-order valence-electron chi connectivity index (χ2n) is 7.92. The van der Waals surface area contributed by atoms with E-state index in [9.17, 15) is 0 Å². The first-order valence-electron chi connectivity index (χ1n) is 9.55. The molecule has 2 heteroatoms. The summed E-state index contributed by atoms with van der Waals surface area (Å²) >= 11 is 0. The average molecular weight is 359 g/mol. The molecule has 1 aliphatic carbocycles. The summed E-state index contributed by atoms with van der Waals surface area (Å²) in [7, 11) is 4.10. The van der Waals surface area contributed by atoms with Gasteiger partial charge in [0.1, 0.15) is 0 Å². The second-order valence-corrected chi connectivity index (χ2v) is 7.92. The van der Waals surface area contributed by atoms with E-state index >= 15 is 0 Å². The molecule has 0 spiro atoms. The van der Waals surface area contributed by atoms with E-state index in [0.29, 0.717) is 5.71 Å². The topological polar surface area (TPSA) is 27.1 Å². The van der Waals surface area contributed by atoms with E-state index in [-0.39, 0.29) is 5.92 Å². The van der Waals surface area contributed by atoms with Gasteiger partial charge in [0, 0.05) is 36.8 Å². The number of aryl methyl sites for hydroxylation is 1. The fourth-order valence-corrected chi connectivity index (χ4v) is 3.78. The number of hydrogen-bond donors (Lipinski definition) is 1. The second kappa shape index (κ2) is 7.19. The van der Waals surface area contributed by atoms with E-state index in [1.54, 1.807) is 0 Å². The van der Waals surface area contributed by atoms with Crippen LogP contribution in [0.4, 0.5) is 5.69 Å². The zero-order valence-corrected chi connectivity index (χ0v) is 17.6. The number of nitrogens with one attached hydrogen (secondary N) is 1. The lowest BCUT2D eigenvalue weighted by Crippen LogP contribution is -2.14. The fraction of sp³-hybridized carbons (Fsp3) is 0.320. The van der Waals surface area contributed by atoms with Crippen LogP contribution in [-0.4, -0.2) is 19.8 Å². The summed E-state index contributed by atoms with van der Waals surface area (Å²) in [5.74, 6) is 0.253. The molecular weight excluding hydrogens is 328 g/mol. The van der Waals surface area contributed by atoms with Crippen molar-refractivity contribution >= 4 is 11.4 Å². The van der Waals surface area contributed by atoms with Crippen molar-refractivity contribution in [1.29, 1.82) is 5.41 Å². The molecule has 2 nitrogen and oxygen atoms in total. The minimum Gasteiger partial charge on any atom is -0.378 e. The molecule has 27 heavy (non-hydrogen) atoms. The molecular formula is C25H30N2. The van der Waals surface area contributed by atoms with Crippen LogP contribution in [0.3, 0.4) is 0 Å². The van der Waals surface area contributed by atoms with Gasteiger partial charge in [-0.1, -0.05) is 41.5 Å². The highest BCUT2D eigenvalue weighted by Gasteiger charge is 2.23. The van der Waals surface area contributed by atoms with E-state index in [1.807, 2.05) is 0 Å². The van der Waals surface area contributed by atoms with Gasteiger partial charge in [0.2, 0.25) is 0 Å². The number of rotatable bonds is 4. The van der Waals surface area contributed by atoms with Crippen molar-refractivity contribution in [1.82, 2.24) is 0 Å². The third-order valence-electron chi connectivity index (χ3n) is 6.11. The van der Waals surface area contributed by atoms with Gasteiger partial charge in [-0.3, -0.25) is 5.41 Å². The predicted octanol–water partition coefficient (Wildman–Crippen LogP) is 6.08. The molecule has 0 bridgehead atoms. The molecule has 0 amide bonds. The van der Waals surface area contributed by atoms with Crippen LogP contribution in [0.5, 0.6) is 0 Å². The maximum atomic E-state index is 9.08. The molecule has 0 aromatic heterocycles. The lowest BCUT2D eigenvalue weighted by atomic mass is 9.85. The number of anilines is 1. The molecule has 0 aliphatic heterocycles. The highest BCUT2D eigenvalue weighted by atomic mass is 15.1. The van der Waals surface area contributed by atoms with Crippen molar-refractivity contribution in [2.24, 2.45) is 0 Å². The van der Waals surface area contributed by atoms with E-state index in [2.05, 4.69) is 96.1 Å². The van der Waals surface area contributed by atoms with E-state index in [0.717, 1.165) is 16.8 Å². The number of allylic oxidation sites excluding steroid dienone is 4. The summed E-state index contributed by atoms with van der Waals surface area (Å²) in [6, 6.07) is 10.8. The predicted molar refractivity (Wildman–Crippen MR) is 118 cm³/mol. The first-order valence-corrected chi connectivity index (χ1v) is 9.55. The summed E-state index contributed by atoms with van der Waals surface area (Å²) in [4.78, 5) is 2.10. The Bertz CT molecular complexity index is 974. The number of nitrogens with zero attached hydrogens (tertiary/aromatic N) is 1. The molecule has 1 atom stereocenters. The van der Waals surface area contributed by atoms with E-state index < -0.39 is 0 Å². The molecule has 0 saturated carbocycles. The minimum atomic E-state index is 0.253. The molecule has 3 rings (SSSR count). The van der Waals surface area contributed by atoms with Crippen LogP contribution in [-0.2, 0) is 0 Å². The molecule has 1 aliphatic rings. The standard InChI is InChI=1S/C25H30N2/c1-15-9-12-22(19(5)17(15)3)25(26)24-14-20(27(6)7)10-13-23(24)21-11-8-16(2)18(21)4/h8-14,21,26H,1-7H3. The summed E-state index contributed by atoms with van der Waals surface area (Å²) in [5.41, 5.74) is 11.5. The van der Waals surface area contributed by atoms with Gasteiger partial charge in [0.15, 0.2) is 0 Å². The summed E-state index contributed by atoms with van der Waals surface area (Å²) in [5, 5.41) is 9.08. The Kier molecular flexibility index (Phi) is 5.10. The largest absolute Gasteiger partial charge is 0.378 e. The Labute approximate surface area is 163 Å². The van der Waals surface area contributed by atoms with Gasteiger partial charge in [-0.05, 0) is 69.0 Å². The number of benzene rings is 2. The maximum absolute atomic E-state index is 9.08. The van der Waals surface area contributed by atoms with Gasteiger partial charge in [-0.15, -0.1) is 0 Å². The van der Waals surface area contributed by atoms with Gasteiger partial charge < -0.3 is 4.90 Å². The van der Waals surface area contributed by atoms with E-state index in [1.165, 1.54) is 33.4 Å². The van der Waals surface area contributed by atoms with Crippen molar-refractivity contribution in [3.63, 3.8) is 0 Å². The fourth-order valence-electron chi connectivity index (χ4n) is 3.78. The van der Waals surface area contributed by atoms with Gasteiger partial charge in [-0.2, -0.15) is 0 Å². The average Bonchev–Trinajstić information content (AvgIpc) is 2.97.